The molecule has 1 atom stereocenters. The molecule has 0 aliphatic heterocycles. The number of carbonyl (C=O) groups excluding carboxylic acids is 1. The third kappa shape index (κ3) is 2.66. The monoisotopic (exact) mass is 270 g/mol. The second kappa shape index (κ2) is 5.97. The van der Waals surface area contributed by atoms with Gasteiger partial charge in [-0.3, -0.25) is 14.9 Å². The molecule has 0 heterocycles. The maximum Gasteiger partial charge on any atom is 0.273 e. The van der Waals surface area contributed by atoms with Crippen LogP contribution >= 0.6 is 0 Å². The Bertz CT molecular complexity index is 626. The predicted octanol–water partition coefficient (Wildman–Crippen LogP) is 2.47. The minimum Gasteiger partial charge on any atom is -0.358 e. The number of nitrogens with zero attached hydrogens (tertiary/aromatic N) is 1. The van der Waals surface area contributed by atoms with Crippen LogP contribution in [0.25, 0.3) is 0 Å². The zero-order chi connectivity index (χ0) is 14.5. The first-order valence-corrected chi connectivity index (χ1v) is 6.15. The molecule has 0 saturated heterocycles. The van der Waals surface area contributed by atoms with Gasteiger partial charge in [0.1, 0.15) is 0 Å². The average molecular weight is 270 g/mol. The number of carbonyl (C=O) groups is 1. The summed E-state index contributed by atoms with van der Waals surface area (Å²) >= 11 is 0. The quantitative estimate of drug-likeness (QED) is 0.685. The first kappa shape index (κ1) is 13.7. The molecular weight excluding hydrogens is 256 g/mol. The number of nitrogens with one attached hydrogen (secondary N) is 1. The van der Waals surface area contributed by atoms with Crippen LogP contribution in [0.15, 0.2) is 54.6 Å². The molecule has 0 radical (unpaired) electrons. The highest BCUT2D eigenvalue weighted by Crippen LogP contribution is 2.31. The predicted molar refractivity (Wildman–Crippen MR) is 75.4 cm³/mol. The third-order valence-corrected chi connectivity index (χ3v) is 3.09. The summed E-state index contributed by atoms with van der Waals surface area (Å²) in [5.74, 6) is -0.965. The van der Waals surface area contributed by atoms with E-state index in [9.17, 15) is 14.9 Å². The van der Waals surface area contributed by atoms with Gasteiger partial charge in [-0.15, -0.1) is 0 Å². The van der Waals surface area contributed by atoms with Crippen molar-refractivity contribution in [3.63, 3.8) is 0 Å². The Morgan fingerprint density at radius 1 is 1.10 bits per heavy atom. The van der Waals surface area contributed by atoms with E-state index >= 15 is 0 Å². The number of para-hydroxylation sites is 1. The van der Waals surface area contributed by atoms with Gasteiger partial charge in [0.15, 0.2) is 0 Å². The molecule has 0 aliphatic carbocycles. The SMILES string of the molecule is CNC(=O)[C@@H](c1ccccc1)c1ccccc1[N+](=O)[O-]. The minimum absolute atomic E-state index is 0.0510. The van der Waals surface area contributed by atoms with Gasteiger partial charge in [0.25, 0.3) is 5.69 Å². The van der Waals surface area contributed by atoms with E-state index < -0.39 is 10.8 Å². The van der Waals surface area contributed by atoms with Crippen molar-refractivity contribution in [2.24, 2.45) is 0 Å². The van der Waals surface area contributed by atoms with Crippen LogP contribution in [0.3, 0.4) is 0 Å². The summed E-state index contributed by atoms with van der Waals surface area (Å²) in [5, 5.41) is 13.7. The molecule has 5 nitrogen and oxygen atoms in total. The van der Waals surface area contributed by atoms with Gasteiger partial charge in [-0.2, -0.15) is 0 Å². The summed E-state index contributed by atoms with van der Waals surface area (Å²) in [7, 11) is 1.52. The van der Waals surface area contributed by atoms with E-state index in [0.29, 0.717) is 5.56 Å². The molecule has 0 spiro atoms. The topological polar surface area (TPSA) is 72.2 Å². The Morgan fingerprint density at radius 3 is 2.30 bits per heavy atom. The molecule has 1 N–H and O–H groups in total. The lowest BCUT2D eigenvalue weighted by Gasteiger charge is -2.16. The minimum atomic E-state index is -0.692. The number of rotatable bonds is 4. The van der Waals surface area contributed by atoms with E-state index in [1.807, 2.05) is 6.07 Å². The van der Waals surface area contributed by atoms with E-state index in [1.54, 1.807) is 42.5 Å². The van der Waals surface area contributed by atoms with Gasteiger partial charge in [0.05, 0.1) is 10.8 Å². The fourth-order valence-corrected chi connectivity index (χ4v) is 2.16. The van der Waals surface area contributed by atoms with Crippen molar-refractivity contribution in [1.82, 2.24) is 5.32 Å². The van der Waals surface area contributed by atoms with Crippen LogP contribution in [-0.4, -0.2) is 17.9 Å². The number of nitro groups is 1. The van der Waals surface area contributed by atoms with Gasteiger partial charge in [-0.25, -0.2) is 0 Å². The van der Waals surface area contributed by atoms with Crippen LogP contribution in [0.1, 0.15) is 17.0 Å². The van der Waals surface area contributed by atoms with Crippen LogP contribution in [0.2, 0.25) is 0 Å². The third-order valence-electron chi connectivity index (χ3n) is 3.09. The number of benzene rings is 2. The molecule has 102 valence electrons. The van der Waals surface area contributed by atoms with E-state index in [0.717, 1.165) is 5.56 Å². The molecule has 0 unspecified atom stereocenters. The summed E-state index contributed by atoms with van der Waals surface area (Å²) in [5.41, 5.74) is 1.06. The number of hydrogen-bond donors (Lipinski definition) is 1. The molecule has 20 heavy (non-hydrogen) atoms. The van der Waals surface area contributed by atoms with Crippen LogP contribution < -0.4 is 5.32 Å². The number of amides is 1. The molecule has 2 aromatic carbocycles. The maximum absolute atomic E-state index is 12.2. The van der Waals surface area contributed by atoms with Gasteiger partial charge in [0.2, 0.25) is 5.91 Å². The van der Waals surface area contributed by atoms with E-state index in [4.69, 9.17) is 0 Å². The Morgan fingerprint density at radius 2 is 1.70 bits per heavy atom. The number of likely N-dealkylation sites (N-methyl/N-ethyl adjacent to an activating group) is 1. The van der Waals surface area contributed by atoms with E-state index in [-0.39, 0.29) is 11.6 Å². The molecule has 0 fully saturated rings. The summed E-state index contributed by atoms with van der Waals surface area (Å²) < 4.78 is 0. The Balaban J connectivity index is 2.59. The number of nitro benzene ring substituents is 1. The van der Waals surface area contributed by atoms with Crippen molar-refractivity contribution in [2.75, 3.05) is 7.05 Å². The highest BCUT2D eigenvalue weighted by molar-refractivity contribution is 5.88. The van der Waals surface area contributed by atoms with Crippen LogP contribution in [0.5, 0.6) is 0 Å². The average Bonchev–Trinajstić information content (AvgIpc) is 2.48. The van der Waals surface area contributed by atoms with Crippen molar-refractivity contribution < 1.29 is 9.72 Å². The molecule has 0 bridgehead atoms. The van der Waals surface area contributed by atoms with Crippen molar-refractivity contribution >= 4 is 11.6 Å². The first-order chi connectivity index (χ1) is 9.65. The second-order valence-electron chi connectivity index (χ2n) is 4.27. The zero-order valence-corrected chi connectivity index (χ0v) is 10.9. The summed E-state index contributed by atoms with van der Waals surface area (Å²) in [6, 6.07) is 15.3. The van der Waals surface area contributed by atoms with Crippen molar-refractivity contribution in [2.45, 2.75) is 5.92 Å². The Labute approximate surface area is 116 Å². The molecular formula is C15H14N2O3. The first-order valence-electron chi connectivity index (χ1n) is 6.15. The summed E-state index contributed by atoms with van der Waals surface area (Å²) in [6.07, 6.45) is 0. The second-order valence-corrected chi connectivity index (χ2v) is 4.27. The van der Waals surface area contributed by atoms with Gasteiger partial charge in [-0.05, 0) is 5.56 Å². The summed E-state index contributed by atoms with van der Waals surface area (Å²) in [4.78, 5) is 22.8. The normalized spacial score (nSPS) is 11.7. The largest absolute Gasteiger partial charge is 0.358 e. The highest BCUT2D eigenvalue weighted by Gasteiger charge is 2.28. The Kier molecular flexibility index (Phi) is 4.10. The molecule has 2 rings (SSSR count). The smallest absolute Gasteiger partial charge is 0.273 e. The van der Waals surface area contributed by atoms with Crippen LogP contribution in [0, 0.1) is 10.1 Å². The van der Waals surface area contributed by atoms with E-state index in [1.165, 1.54) is 13.1 Å². The lowest BCUT2D eigenvalue weighted by molar-refractivity contribution is -0.385. The Hall–Kier alpha value is -2.69. The fourth-order valence-electron chi connectivity index (χ4n) is 2.16. The van der Waals surface area contributed by atoms with Crippen LogP contribution in [-0.2, 0) is 4.79 Å². The van der Waals surface area contributed by atoms with Gasteiger partial charge < -0.3 is 5.32 Å². The van der Waals surface area contributed by atoms with E-state index in [2.05, 4.69) is 5.32 Å². The van der Waals surface area contributed by atoms with Gasteiger partial charge in [-0.1, -0.05) is 48.5 Å². The van der Waals surface area contributed by atoms with Crippen molar-refractivity contribution in [1.29, 1.82) is 0 Å². The maximum atomic E-state index is 12.2. The number of hydrogen-bond acceptors (Lipinski definition) is 3. The highest BCUT2D eigenvalue weighted by atomic mass is 16.6. The fraction of sp³-hybridized carbons (Fsp3) is 0.133. The zero-order valence-electron chi connectivity index (χ0n) is 10.9. The van der Waals surface area contributed by atoms with Crippen molar-refractivity contribution in [3.8, 4) is 0 Å². The molecule has 1 amide bonds. The van der Waals surface area contributed by atoms with Crippen molar-refractivity contribution in [3.05, 3.63) is 75.8 Å². The lowest BCUT2D eigenvalue weighted by Crippen LogP contribution is -2.27. The van der Waals surface area contributed by atoms with Gasteiger partial charge >= 0.3 is 0 Å². The standard InChI is InChI=1S/C15H14N2O3/c1-16-15(18)14(11-7-3-2-4-8-11)12-9-5-6-10-13(12)17(19)20/h2-10,14H,1H3,(H,16,18)/t14-/m0/s1. The summed E-state index contributed by atoms with van der Waals surface area (Å²) in [6.45, 7) is 0. The lowest BCUT2D eigenvalue weighted by atomic mass is 9.89. The van der Waals surface area contributed by atoms with Gasteiger partial charge in [0, 0.05) is 18.7 Å². The molecule has 0 aliphatic rings. The molecule has 0 aromatic heterocycles. The molecule has 2 aromatic rings. The molecule has 5 heteroatoms. The van der Waals surface area contributed by atoms with Crippen LogP contribution in [0.4, 0.5) is 5.69 Å². The molecule has 0 saturated carbocycles.